The molecule has 23 heavy (non-hydrogen) atoms. The molecule has 1 atom stereocenters. The van der Waals surface area contributed by atoms with E-state index in [-0.39, 0.29) is 12.3 Å². The summed E-state index contributed by atoms with van der Waals surface area (Å²) in [6.07, 6.45) is 3.48. The van der Waals surface area contributed by atoms with Gasteiger partial charge in [-0.3, -0.25) is 14.4 Å². The highest BCUT2D eigenvalue weighted by molar-refractivity contribution is 5.76. The van der Waals surface area contributed by atoms with Gasteiger partial charge in [0.2, 0.25) is 5.91 Å². The molecule has 0 aliphatic rings. The van der Waals surface area contributed by atoms with Gasteiger partial charge in [-0.15, -0.1) is 0 Å². The monoisotopic (exact) mass is 330 g/mol. The molecule has 0 radical (unpaired) electrons. The number of rotatable bonds is 11. The minimum absolute atomic E-state index is 0.0770. The highest BCUT2D eigenvalue weighted by Gasteiger charge is 2.21. The van der Waals surface area contributed by atoms with Crippen LogP contribution in [0.3, 0.4) is 0 Å². The van der Waals surface area contributed by atoms with Crippen molar-refractivity contribution in [2.24, 2.45) is 5.73 Å². The van der Waals surface area contributed by atoms with Crippen LogP contribution in [0.25, 0.3) is 0 Å². The number of aliphatic carboxylic acids is 1. The maximum absolute atomic E-state index is 11.7. The summed E-state index contributed by atoms with van der Waals surface area (Å²) in [5.41, 5.74) is 5.22. The first kappa shape index (κ1) is 21.4. The Labute approximate surface area is 137 Å². The third kappa shape index (κ3) is 13.7. The minimum atomic E-state index is -0.841. The summed E-state index contributed by atoms with van der Waals surface area (Å²) >= 11 is 0. The van der Waals surface area contributed by atoms with Gasteiger partial charge < -0.3 is 20.9 Å². The highest BCUT2D eigenvalue weighted by Crippen LogP contribution is 2.10. The molecule has 7 heteroatoms. The van der Waals surface area contributed by atoms with Crippen LogP contribution >= 0.6 is 0 Å². The van der Waals surface area contributed by atoms with E-state index in [0.29, 0.717) is 32.2 Å². The third-order valence-corrected chi connectivity index (χ3v) is 3.02. The fourth-order valence-corrected chi connectivity index (χ4v) is 1.86. The lowest BCUT2D eigenvalue weighted by molar-refractivity contribution is -0.156. The quantitative estimate of drug-likeness (QED) is 0.391. The Balaban J connectivity index is 3.62. The van der Waals surface area contributed by atoms with Gasteiger partial charge in [0, 0.05) is 19.4 Å². The Kier molecular flexibility index (Phi) is 10.2. The first-order valence-electron chi connectivity index (χ1n) is 8.09. The Morgan fingerprint density at radius 2 is 1.70 bits per heavy atom. The Hall–Kier alpha value is -1.63. The van der Waals surface area contributed by atoms with Crippen molar-refractivity contribution in [1.82, 2.24) is 5.32 Å². The van der Waals surface area contributed by atoms with Gasteiger partial charge in [-0.05, 0) is 52.9 Å². The molecule has 0 aromatic rings. The van der Waals surface area contributed by atoms with Gasteiger partial charge in [-0.25, -0.2) is 0 Å². The van der Waals surface area contributed by atoms with E-state index in [4.69, 9.17) is 15.6 Å². The largest absolute Gasteiger partial charge is 0.481 e. The molecule has 0 rings (SSSR count). The zero-order chi connectivity index (χ0) is 17.9. The molecule has 4 N–H and O–H groups in total. The summed E-state index contributed by atoms with van der Waals surface area (Å²) in [5.74, 6) is -1.32. The Morgan fingerprint density at radius 1 is 1.09 bits per heavy atom. The van der Waals surface area contributed by atoms with Gasteiger partial charge in [0.15, 0.2) is 0 Å². The topological polar surface area (TPSA) is 119 Å². The average molecular weight is 330 g/mol. The number of carbonyl (C=O) groups is 3. The van der Waals surface area contributed by atoms with Crippen LogP contribution in [0.15, 0.2) is 0 Å². The van der Waals surface area contributed by atoms with Crippen LogP contribution in [-0.2, 0) is 19.1 Å². The lowest BCUT2D eigenvalue weighted by atomic mass is 10.1. The summed E-state index contributed by atoms with van der Waals surface area (Å²) in [7, 11) is 0. The van der Waals surface area contributed by atoms with E-state index >= 15 is 0 Å². The van der Waals surface area contributed by atoms with Crippen molar-refractivity contribution >= 4 is 17.8 Å². The van der Waals surface area contributed by atoms with Crippen LogP contribution in [0.2, 0.25) is 0 Å². The van der Waals surface area contributed by atoms with E-state index in [9.17, 15) is 14.4 Å². The van der Waals surface area contributed by atoms with Crippen molar-refractivity contribution in [2.75, 3.05) is 6.54 Å². The highest BCUT2D eigenvalue weighted by atomic mass is 16.6. The lowest BCUT2D eigenvalue weighted by Gasteiger charge is -2.22. The molecule has 1 amide bonds. The number of nitrogens with two attached hydrogens (primary N) is 1. The number of amides is 1. The average Bonchev–Trinajstić information content (AvgIpc) is 2.40. The summed E-state index contributed by atoms with van der Waals surface area (Å²) in [6, 6.07) is -0.638. The standard InChI is InChI=1S/C16H30N2O5/c1-16(2,3)23-15(22)12(17)8-6-7-11-18-13(19)9-4-5-10-14(20)21/h12H,4-11,17H2,1-3H3,(H,18,19)(H,20,21)/t12-/m0/s1. The number of unbranched alkanes of at least 4 members (excludes halogenated alkanes) is 2. The van der Waals surface area contributed by atoms with Crippen LogP contribution in [-0.4, -0.2) is 41.1 Å². The van der Waals surface area contributed by atoms with Gasteiger partial charge in [0.25, 0.3) is 0 Å². The SMILES string of the molecule is CC(C)(C)OC(=O)[C@@H](N)CCCCNC(=O)CCCCC(=O)O. The maximum atomic E-state index is 11.7. The summed E-state index contributed by atoms with van der Waals surface area (Å²) in [5, 5.41) is 11.3. The Bertz CT molecular complexity index is 390. The smallest absolute Gasteiger partial charge is 0.323 e. The fourth-order valence-electron chi connectivity index (χ4n) is 1.86. The summed E-state index contributed by atoms with van der Waals surface area (Å²) in [4.78, 5) is 33.5. The van der Waals surface area contributed by atoms with Crippen molar-refractivity contribution < 1.29 is 24.2 Å². The number of ether oxygens (including phenoxy) is 1. The second kappa shape index (κ2) is 11.0. The first-order valence-corrected chi connectivity index (χ1v) is 8.09. The van der Waals surface area contributed by atoms with Gasteiger partial charge in [-0.2, -0.15) is 0 Å². The number of esters is 1. The third-order valence-electron chi connectivity index (χ3n) is 3.02. The van der Waals surface area contributed by atoms with Crippen molar-refractivity contribution in [1.29, 1.82) is 0 Å². The molecule has 0 saturated carbocycles. The van der Waals surface area contributed by atoms with E-state index in [1.54, 1.807) is 20.8 Å². The lowest BCUT2D eigenvalue weighted by Crippen LogP contribution is -2.37. The van der Waals surface area contributed by atoms with Crippen molar-refractivity contribution in [3.63, 3.8) is 0 Å². The predicted octanol–water partition coefficient (Wildman–Crippen LogP) is 1.59. The number of carboxylic acids is 1. The number of carboxylic acid groups (broad SMARTS) is 1. The molecule has 0 heterocycles. The van der Waals surface area contributed by atoms with Crippen LogP contribution in [0.5, 0.6) is 0 Å². The molecule has 0 unspecified atom stereocenters. The molecule has 0 spiro atoms. The molecule has 0 aliphatic carbocycles. The van der Waals surface area contributed by atoms with E-state index in [0.717, 1.165) is 12.8 Å². The summed E-state index contributed by atoms with van der Waals surface area (Å²) < 4.78 is 5.19. The predicted molar refractivity (Wildman–Crippen MR) is 86.8 cm³/mol. The van der Waals surface area contributed by atoms with Crippen LogP contribution in [0, 0.1) is 0 Å². The van der Waals surface area contributed by atoms with Crippen LogP contribution in [0.1, 0.15) is 65.7 Å². The molecular weight excluding hydrogens is 300 g/mol. The molecule has 7 nitrogen and oxygen atoms in total. The van der Waals surface area contributed by atoms with Crippen molar-refractivity contribution in [3.8, 4) is 0 Å². The number of carbonyl (C=O) groups excluding carboxylic acids is 2. The second-order valence-corrected chi connectivity index (χ2v) is 6.59. The second-order valence-electron chi connectivity index (χ2n) is 6.59. The molecule has 134 valence electrons. The normalized spacial score (nSPS) is 12.5. The number of hydrogen-bond acceptors (Lipinski definition) is 5. The van der Waals surface area contributed by atoms with E-state index in [1.165, 1.54) is 0 Å². The molecule has 0 fully saturated rings. The van der Waals surface area contributed by atoms with Crippen LogP contribution < -0.4 is 11.1 Å². The van der Waals surface area contributed by atoms with E-state index in [1.807, 2.05) is 0 Å². The Morgan fingerprint density at radius 3 is 2.26 bits per heavy atom. The fraction of sp³-hybridized carbons (Fsp3) is 0.812. The molecule has 0 aromatic heterocycles. The van der Waals surface area contributed by atoms with Crippen molar-refractivity contribution in [2.45, 2.75) is 77.4 Å². The van der Waals surface area contributed by atoms with Gasteiger partial charge >= 0.3 is 11.9 Å². The minimum Gasteiger partial charge on any atom is -0.481 e. The zero-order valence-corrected chi connectivity index (χ0v) is 14.4. The maximum Gasteiger partial charge on any atom is 0.323 e. The van der Waals surface area contributed by atoms with Crippen LogP contribution in [0.4, 0.5) is 0 Å². The van der Waals surface area contributed by atoms with Crippen molar-refractivity contribution in [3.05, 3.63) is 0 Å². The molecule has 0 aromatic carbocycles. The molecule has 0 aliphatic heterocycles. The first-order chi connectivity index (χ1) is 10.6. The molecular formula is C16H30N2O5. The molecule has 0 bridgehead atoms. The number of nitrogens with one attached hydrogen (secondary N) is 1. The van der Waals surface area contributed by atoms with Gasteiger partial charge in [-0.1, -0.05) is 0 Å². The summed E-state index contributed by atoms with van der Waals surface area (Å²) in [6.45, 7) is 5.91. The van der Waals surface area contributed by atoms with E-state index in [2.05, 4.69) is 5.32 Å². The molecule has 0 saturated heterocycles. The number of hydrogen-bond donors (Lipinski definition) is 3. The van der Waals surface area contributed by atoms with Gasteiger partial charge in [0.05, 0.1) is 0 Å². The van der Waals surface area contributed by atoms with Gasteiger partial charge in [0.1, 0.15) is 11.6 Å². The van der Waals surface area contributed by atoms with E-state index < -0.39 is 23.6 Å². The zero-order valence-electron chi connectivity index (χ0n) is 14.4.